The fourth-order valence-electron chi connectivity index (χ4n) is 2.39. The van der Waals surface area contributed by atoms with Crippen molar-refractivity contribution in [2.24, 2.45) is 0 Å². The second-order valence-electron chi connectivity index (χ2n) is 5.37. The molecule has 0 aliphatic rings. The first kappa shape index (κ1) is 16.7. The minimum atomic E-state index is -0.143. The van der Waals surface area contributed by atoms with Crippen LogP contribution in [-0.2, 0) is 6.42 Å². The zero-order chi connectivity index (χ0) is 16.9. The van der Waals surface area contributed by atoms with Crippen LogP contribution in [0.25, 0.3) is 11.3 Å². The fourth-order valence-corrected chi connectivity index (χ4v) is 3.60. The summed E-state index contributed by atoms with van der Waals surface area (Å²) >= 11 is 7.50. The van der Waals surface area contributed by atoms with E-state index in [-0.39, 0.29) is 5.91 Å². The second kappa shape index (κ2) is 7.60. The maximum Gasteiger partial charge on any atom is 0.257 e. The summed E-state index contributed by atoms with van der Waals surface area (Å²) in [4.78, 5) is 18.1. The van der Waals surface area contributed by atoms with E-state index in [1.165, 1.54) is 16.2 Å². The van der Waals surface area contributed by atoms with Gasteiger partial charge in [0, 0.05) is 21.0 Å². The zero-order valence-corrected chi connectivity index (χ0v) is 14.8. The van der Waals surface area contributed by atoms with Gasteiger partial charge in [-0.1, -0.05) is 55.3 Å². The molecule has 0 aliphatic carbocycles. The highest BCUT2D eigenvalue weighted by atomic mass is 35.5. The highest BCUT2D eigenvalue weighted by Gasteiger charge is 2.15. The van der Waals surface area contributed by atoms with E-state index >= 15 is 0 Å². The van der Waals surface area contributed by atoms with Crippen molar-refractivity contribution >= 4 is 34.0 Å². The summed E-state index contributed by atoms with van der Waals surface area (Å²) in [6.07, 6.45) is 1.95. The van der Waals surface area contributed by atoms with Crippen LogP contribution in [0.1, 0.15) is 28.6 Å². The Morgan fingerprint density at radius 1 is 1.12 bits per heavy atom. The van der Waals surface area contributed by atoms with Crippen LogP contribution in [0.15, 0.2) is 54.6 Å². The zero-order valence-electron chi connectivity index (χ0n) is 13.3. The number of benzene rings is 2. The number of hydrogen-bond acceptors (Lipinski definition) is 3. The highest BCUT2D eigenvalue weighted by Crippen LogP contribution is 2.33. The molecule has 0 fully saturated rings. The molecule has 2 aromatic carbocycles. The van der Waals surface area contributed by atoms with Gasteiger partial charge in [0.15, 0.2) is 5.13 Å². The third-order valence-electron chi connectivity index (χ3n) is 3.55. The van der Waals surface area contributed by atoms with E-state index in [9.17, 15) is 4.79 Å². The number of carbonyl (C=O) groups excluding carboxylic acids is 1. The highest BCUT2D eigenvalue weighted by molar-refractivity contribution is 7.16. The van der Waals surface area contributed by atoms with E-state index in [0.717, 1.165) is 24.1 Å². The van der Waals surface area contributed by atoms with Gasteiger partial charge in [0.05, 0.1) is 5.69 Å². The first-order valence-corrected chi connectivity index (χ1v) is 8.99. The number of carbonyl (C=O) groups is 1. The average molecular weight is 357 g/mol. The van der Waals surface area contributed by atoms with Crippen LogP contribution < -0.4 is 5.32 Å². The molecule has 0 saturated carbocycles. The van der Waals surface area contributed by atoms with Gasteiger partial charge in [-0.15, -0.1) is 11.3 Å². The lowest BCUT2D eigenvalue weighted by atomic mass is 10.1. The van der Waals surface area contributed by atoms with Crippen molar-refractivity contribution in [1.82, 2.24) is 4.98 Å². The number of thiazole rings is 1. The molecule has 1 N–H and O–H groups in total. The smallest absolute Gasteiger partial charge is 0.257 e. The topological polar surface area (TPSA) is 42.0 Å². The molecule has 0 atom stereocenters. The van der Waals surface area contributed by atoms with Crippen LogP contribution in [0.2, 0.25) is 5.02 Å². The predicted octanol–water partition coefficient (Wildman–Crippen LogP) is 5.67. The molecule has 3 rings (SSSR count). The van der Waals surface area contributed by atoms with Crippen molar-refractivity contribution in [1.29, 1.82) is 0 Å². The minimum absolute atomic E-state index is 0.143. The number of aryl methyl sites for hydroxylation is 1. The molecule has 3 aromatic rings. The SMILES string of the molecule is CCCc1sc(NC(=O)c2ccccc2)nc1-c1ccc(Cl)cc1. The maximum absolute atomic E-state index is 12.3. The molecule has 3 nitrogen and oxygen atoms in total. The number of hydrogen-bond donors (Lipinski definition) is 1. The molecule has 0 unspecified atom stereocenters. The van der Waals surface area contributed by atoms with Crippen LogP contribution >= 0.6 is 22.9 Å². The largest absolute Gasteiger partial charge is 0.298 e. The fraction of sp³-hybridized carbons (Fsp3) is 0.158. The Labute approximate surface area is 150 Å². The monoisotopic (exact) mass is 356 g/mol. The Bertz CT molecular complexity index is 828. The van der Waals surface area contributed by atoms with Crippen LogP contribution in [-0.4, -0.2) is 10.9 Å². The minimum Gasteiger partial charge on any atom is -0.298 e. The summed E-state index contributed by atoms with van der Waals surface area (Å²) in [5.41, 5.74) is 2.55. The number of nitrogens with zero attached hydrogens (tertiary/aromatic N) is 1. The van der Waals surface area contributed by atoms with E-state index in [0.29, 0.717) is 15.7 Å². The van der Waals surface area contributed by atoms with E-state index in [1.807, 2.05) is 42.5 Å². The lowest BCUT2D eigenvalue weighted by Gasteiger charge is -2.01. The summed E-state index contributed by atoms with van der Waals surface area (Å²) in [5.74, 6) is -0.143. The van der Waals surface area contributed by atoms with Crippen molar-refractivity contribution in [2.45, 2.75) is 19.8 Å². The van der Waals surface area contributed by atoms with E-state index < -0.39 is 0 Å². The third-order valence-corrected chi connectivity index (χ3v) is 4.83. The molecule has 0 radical (unpaired) electrons. The Morgan fingerprint density at radius 2 is 1.83 bits per heavy atom. The molecule has 5 heteroatoms. The number of halogens is 1. The Morgan fingerprint density at radius 3 is 2.50 bits per heavy atom. The Balaban J connectivity index is 1.88. The van der Waals surface area contributed by atoms with Gasteiger partial charge < -0.3 is 0 Å². The molecular weight excluding hydrogens is 340 g/mol. The normalized spacial score (nSPS) is 10.6. The summed E-state index contributed by atoms with van der Waals surface area (Å²) in [6, 6.07) is 16.8. The summed E-state index contributed by atoms with van der Waals surface area (Å²) in [7, 11) is 0. The van der Waals surface area contributed by atoms with Gasteiger partial charge in [-0.25, -0.2) is 4.98 Å². The van der Waals surface area contributed by atoms with Gasteiger partial charge in [0.2, 0.25) is 0 Å². The lowest BCUT2D eigenvalue weighted by Crippen LogP contribution is -2.11. The summed E-state index contributed by atoms with van der Waals surface area (Å²) in [5, 5.41) is 4.22. The van der Waals surface area contributed by atoms with Crippen LogP contribution in [0.4, 0.5) is 5.13 Å². The lowest BCUT2D eigenvalue weighted by molar-refractivity contribution is 0.102. The average Bonchev–Trinajstić information content (AvgIpc) is 2.99. The summed E-state index contributed by atoms with van der Waals surface area (Å²) in [6.45, 7) is 2.13. The third kappa shape index (κ3) is 3.83. The van der Waals surface area contributed by atoms with Gasteiger partial charge in [0.1, 0.15) is 0 Å². The standard InChI is InChI=1S/C19H17ClN2OS/c1-2-6-16-17(13-9-11-15(20)12-10-13)21-19(24-16)22-18(23)14-7-4-3-5-8-14/h3-5,7-12H,2,6H2,1H3,(H,21,22,23). The molecule has 0 spiro atoms. The van der Waals surface area contributed by atoms with Crippen LogP contribution in [0.5, 0.6) is 0 Å². The van der Waals surface area contributed by atoms with Crippen molar-refractivity contribution in [3.05, 3.63) is 70.1 Å². The molecule has 1 heterocycles. The maximum atomic E-state index is 12.3. The number of nitrogens with one attached hydrogen (secondary N) is 1. The molecule has 0 bridgehead atoms. The van der Waals surface area contributed by atoms with Crippen LogP contribution in [0, 0.1) is 0 Å². The van der Waals surface area contributed by atoms with Crippen molar-refractivity contribution in [3.63, 3.8) is 0 Å². The Hall–Kier alpha value is -2.17. The van der Waals surface area contributed by atoms with Crippen molar-refractivity contribution in [2.75, 3.05) is 5.32 Å². The molecular formula is C19H17ClN2OS. The van der Waals surface area contributed by atoms with Crippen LogP contribution in [0.3, 0.4) is 0 Å². The van der Waals surface area contributed by atoms with Gasteiger partial charge >= 0.3 is 0 Å². The quantitative estimate of drug-likeness (QED) is 0.640. The van der Waals surface area contributed by atoms with Crippen molar-refractivity contribution in [3.8, 4) is 11.3 Å². The first-order chi connectivity index (χ1) is 11.7. The van der Waals surface area contributed by atoms with Gasteiger partial charge in [-0.2, -0.15) is 0 Å². The molecule has 0 saturated heterocycles. The van der Waals surface area contributed by atoms with Gasteiger partial charge in [-0.05, 0) is 30.7 Å². The number of aromatic nitrogens is 1. The number of amides is 1. The predicted molar refractivity (Wildman–Crippen MR) is 101 cm³/mol. The van der Waals surface area contributed by atoms with Crippen molar-refractivity contribution < 1.29 is 4.79 Å². The molecule has 1 amide bonds. The number of anilines is 1. The van der Waals surface area contributed by atoms with E-state index in [4.69, 9.17) is 11.6 Å². The molecule has 122 valence electrons. The molecule has 1 aromatic heterocycles. The van der Waals surface area contributed by atoms with Gasteiger partial charge in [-0.3, -0.25) is 10.1 Å². The Kier molecular flexibility index (Phi) is 5.28. The number of rotatable bonds is 5. The molecule has 0 aliphatic heterocycles. The first-order valence-electron chi connectivity index (χ1n) is 7.79. The summed E-state index contributed by atoms with van der Waals surface area (Å²) < 4.78 is 0. The van der Waals surface area contributed by atoms with E-state index in [1.54, 1.807) is 12.1 Å². The van der Waals surface area contributed by atoms with E-state index in [2.05, 4.69) is 17.2 Å². The molecule has 24 heavy (non-hydrogen) atoms. The second-order valence-corrected chi connectivity index (χ2v) is 6.89. The van der Waals surface area contributed by atoms with Gasteiger partial charge in [0.25, 0.3) is 5.91 Å².